The van der Waals surface area contributed by atoms with Gasteiger partial charge in [0.15, 0.2) is 0 Å². The minimum absolute atomic E-state index is 0.742. The van der Waals surface area contributed by atoms with E-state index >= 15 is 0 Å². The molecule has 0 spiro atoms. The Bertz CT molecular complexity index is 117. The zero-order chi connectivity index (χ0) is 6.53. The summed E-state index contributed by atoms with van der Waals surface area (Å²) < 4.78 is 4.97. The minimum atomic E-state index is 0.742. The van der Waals surface area contributed by atoms with Crippen LogP contribution in [0.3, 0.4) is 0 Å². The van der Waals surface area contributed by atoms with E-state index in [4.69, 9.17) is 10.00 Å². The second kappa shape index (κ2) is 3.76. The molecule has 1 saturated heterocycles. The van der Waals surface area contributed by atoms with Crippen molar-refractivity contribution < 1.29 is 4.74 Å². The monoisotopic (exact) mass is 143 g/mol. The number of ether oxygens (including phenoxy) is 1. The summed E-state index contributed by atoms with van der Waals surface area (Å²) >= 11 is 1.34. The lowest BCUT2D eigenvalue weighted by molar-refractivity contribution is -0.0325. The molecule has 0 bridgehead atoms. The Morgan fingerprint density at radius 3 is 2.89 bits per heavy atom. The van der Waals surface area contributed by atoms with E-state index in [-0.39, 0.29) is 0 Å². The molecule has 9 heavy (non-hydrogen) atoms. The smallest absolute Gasteiger partial charge is 0.133 e. The van der Waals surface area contributed by atoms with Gasteiger partial charge in [0.25, 0.3) is 0 Å². The summed E-state index contributed by atoms with van der Waals surface area (Å²) in [5.41, 5.74) is 0. The van der Waals surface area contributed by atoms with Crippen LogP contribution in [-0.4, -0.2) is 19.0 Å². The second-order valence-corrected chi connectivity index (χ2v) is 3.01. The zero-order valence-corrected chi connectivity index (χ0v) is 5.99. The van der Waals surface area contributed by atoms with Crippen molar-refractivity contribution in [1.82, 2.24) is 0 Å². The van der Waals surface area contributed by atoms with Crippen molar-refractivity contribution in [2.45, 2.75) is 6.42 Å². The Morgan fingerprint density at radius 1 is 1.67 bits per heavy atom. The van der Waals surface area contributed by atoms with Crippen molar-refractivity contribution in [1.29, 1.82) is 5.26 Å². The molecule has 0 N–H and O–H groups in total. The first-order chi connectivity index (χ1) is 4.43. The van der Waals surface area contributed by atoms with E-state index < -0.39 is 0 Å². The van der Waals surface area contributed by atoms with Gasteiger partial charge in [-0.2, -0.15) is 5.26 Å². The average molecular weight is 143 g/mol. The molecule has 0 aromatic heterocycles. The fraction of sp³-hybridized carbons (Fsp3) is 0.833. The van der Waals surface area contributed by atoms with E-state index in [1.54, 1.807) is 0 Å². The molecule has 1 rings (SSSR count). The quantitative estimate of drug-likeness (QED) is 0.440. The normalized spacial score (nSPS) is 18.6. The summed E-state index contributed by atoms with van der Waals surface area (Å²) in [4.78, 5) is 0. The van der Waals surface area contributed by atoms with E-state index in [1.165, 1.54) is 11.8 Å². The van der Waals surface area contributed by atoms with Gasteiger partial charge in [0, 0.05) is 11.7 Å². The summed E-state index contributed by atoms with van der Waals surface area (Å²) in [6.07, 6.45) is 1.14. The molecular weight excluding hydrogens is 134 g/mol. The highest BCUT2D eigenvalue weighted by Gasteiger charge is 2.16. The molecule has 2 nitrogen and oxygen atoms in total. The van der Waals surface area contributed by atoms with Crippen LogP contribution in [-0.2, 0) is 4.74 Å². The standard InChI is InChI=1S/C6H9NOS/c7-5-9-2-1-6-3-8-4-6/h6H,1-4H2. The lowest BCUT2D eigenvalue weighted by atomic mass is 10.1. The van der Waals surface area contributed by atoms with Gasteiger partial charge >= 0.3 is 0 Å². The topological polar surface area (TPSA) is 33.0 Å². The molecular formula is C6H9NOS. The number of thioether (sulfide) groups is 1. The fourth-order valence-corrected chi connectivity index (χ4v) is 1.26. The van der Waals surface area contributed by atoms with E-state index in [0.29, 0.717) is 0 Å². The Balaban J connectivity index is 1.87. The molecule has 0 atom stereocenters. The van der Waals surface area contributed by atoms with Crippen LogP contribution in [0.1, 0.15) is 6.42 Å². The summed E-state index contributed by atoms with van der Waals surface area (Å²) in [7, 11) is 0. The molecule has 1 aliphatic rings. The number of nitrogens with zero attached hydrogens (tertiary/aromatic N) is 1. The first-order valence-electron chi connectivity index (χ1n) is 3.02. The van der Waals surface area contributed by atoms with Gasteiger partial charge in [-0.25, -0.2) is 0 Å². The summed E-state index contributed by atoms with van der Waals surface area (Å²) in [5, 5.41) is 10.2. The third-order valence-corrected chi connectivity index (χ3v) is 1.97. The number of hydrogen-bond acceptors (Lipinski definition) is 3. The molecule has 3 heteroatoms. The first-order valence-corrected chi connectivity index (χ1v) is 4.00. The van der Waals surface area contributed by atoms with E-state index in [0.717, 1.165) is 31.3 Å². The van der Waals surface area contributed by atoms with Gasteiger partial charge < -0.3 is 4.74 Å². The van der Waals surface area contributed by atoms with Crippen LogP contribution in [0, 0.1) is 16.6 Å². The van der Waals surface area contributed by atoms with Crippen LogP contribution in [0.25, 0.3) is 0 Å². The fourth-order valence-electron chi connectivity index (χ4n) is 0.722. The highest BCUT2D eigenvalue weighted by molar-refractivity contribution is 8.03. The maximum absolute atomic E-state index is 8.15. The van der Waals surface area contributed by atoms with Crippen molar-refractivity contribution in [3.8, 4) is 5.40 Å². The molecule has 0 aromatic carbocycles. The molecule has 1 aliphatic heterocycles. The minimum Gasteiger partial charge on any atom is -0.381 e. The predicted molar refractivity (Wildman–Crippen MR) is 37.0 cm³/mol. The maximum atomic E-state index is 8.15. The highest BCUT2D eigenvalue weighted by Crippen LogP contribution is 2.16. The number of hydrogen-bond donors (Lipinski definition) is 0. The number of thiocyanates is 1. The third kappa shape index (κ3) is 2.25. The Kier molecular flexibility index (Phi) is 2.88. The van der Waals surface area contributed by atoms with E-state index in [9.17, 15) is 0 Å². The van der Waals surface area contributed by atoms with Crippen molar-refractivity contribution in [3.05, 3.63) is 0 Å². The van der Waals surface area contributed by atoms with Gasteiger partial charge in [-0.1, -0.05) is 0 Å². The lowest BCUT2D eigenvalue weighted by Gasteiger charge is -2.24. The van der Waals surface area contributed by atoms with Crippen LogP contribution in [0.2, 0.25) is 0 Å². The summed E-state index contributed by atoms with van der Waals surface area (Å²) in [5.74, 6) is 1.70. The van der Waals surface area contributed by atoms with Crippen molar-refractivity contribution in [2.24, 2.45) is 5.92 Å². The van der Waals surface area contributed by atoms with Crippen LogP contribution >= 0.6 is 11.8 Å². The first kappa shape index (κ1) is 6.91. The molecule has 0 saturated carbocycles. The largest absolute Gasteiger partial charge is 0.381 e. The highest BCUT2D eigenvalue weighted by atomic mass is 32.2. The SMILES string of the molecule is N#CSCCC1COC1. The summed E-state index contributed by atoms with van der Waals surface area (Å²) in [6.45, 7) is 1.82. The molecule has 0 radical (unpaired) electrons. The van der Waals surface area contributed by atoms with Crippen LogP contribution in [0.4, 0.5) is 0 Å². The molecule has 0 unspecified atom stereocenters. The van der Waals surface area contributed by atoms with Crippen LogP contribution < -0.4 is 0 Å². The van der Waals surface area contributed by atoms with Gasteiger partial charge in [0.05, 0.1) is 13.2 Å². The average Bonchev–Trinajstić information content (AvgIpc) is 1.76. The molecule has 1 heterocycles. The Morgan fingerprint density at radius 2 is 2.44 bits per heavy atom. The zero-order valence-electron chi connectivity index (χ0n) is 5.17. The van der Waals surface area contributed by atoms with E-state index in [1.807, 2.05) is 5.40 Å². The number of rotatable bonds is 3. The van der Waals surface area contributed by atoms with Crippen molar-refractivity contribution in [3.63, 3.8) is 0 Å². The van der Waals surface area contributed by atoms with Gasteiger partial charge in [0.1, 0.15) is 5.40 Å². The Labute approximate surface area is 59.2 Å². The Hall–Kier alpha value is -0.200. The van der Waals surface area contributed by atoms with Crippen LogP contribution in [0.15, 0.2) is 0 Å². The number of nitriles is 1. The molecule has 50 valence electrons. The van der Waals surface area contributed by atoms with Crippen molar-refractivity contribution in [2.75, 3.05) is 19.0 Å². The predicted octanol–water partition coefficient (Wildman–Crippen LogP) is 1.24. The second-order valence-electron chi connectivity index (χ2n) is 2.13. The lowest BCUT2D eigenvalue weighted by Crippen LogP contribution is -2.27. The molecule has 1 fully saturated rings. The molecule has 0 aliphatic carbocycles. The van der Waals surface area contributed by atoms with Gasteiger partial charge in [-0.05, 0) is 18.2 Å². The van der Waals surface area contributed by atoms with Gasteiger partial charge in [0.2, 0.25) is 0 Å². The van der Waals surface area contributed by atoms with Crippen molar-refractivity contribution >= 4 is 11.8 Å². The van der Waals surface area contributed by atoms with Gasteiger partial charge in [-0.15, -0.1) is 0 Å². The third-order valence-electron chi connectivity index (χ3n) is 1.40. The van der Waals surface area contributed by atoms with Gasteiger partial charge in [-0.3, -0.25) is 0 Å². The summed E-state index contributed by atoms with van der Waals surface area (Å²) in [6, 6.07) is 0. The maximum Gasteiger partial charge on any atom is 0.133 e. The molecule has 0 amide bonds. The van der Waals surface area contributed by atoms with E-state index in [2.05, 4.69) is 0 Å². The molecule has 0 aromatic rings. The van der Waals surface area contributed by atoms with Crippen LogP contribution in [0.5, 0.6) is 0 Å².